The van der Waals surface area contributed by atoms with E-state index in [4.69, 9.17) is 10.2 Å². The predicted octanol–water partition coefficient (Wildman–Crippen LogP) is -0.642. The third-order valence-electron chi connectivity index (χ3n) is 3.57. The van der Waals surface area contributed by atoms with Crippen molar-refractivity contribution in [3.8, 4) is 0 Å². The van der Waals surface area contributed by atoms with Crippen molar-refractivity contribution >= 4 is 18.0 Å². The Morgan fingerprint density at radius 2 is 1.45 bits per heavy atom. The summed E-state index contributed by atoms with van der Waals surface area (Å²) in [7, 11) is 0. The highest BCUT2D eigenvalue weighted by Gasteiger charge is 2.33. The van der Waals surface area contributed by atoms with Crippen molar-refractivity contribution in [2.24, 2.45) is 0 Å². The first-order valence-electron chi connectivity index (χ1n) is 6.69. The molecular formula is C12H19N3O5. The predicted molar refractivity (Wildman–Crippen MR) is 68.4 cm³/mol. The SMILES string of the molecule is O=C(O)CN(CC(=O)O)C(=O)N1CCN(C2CC2)CC1. The van der Waals surface area contributed by atoms with Gasteiger partial charge in [-0.3, -0.25) is 14.5 Å². The van der Waals surface area contributed by atoms with Gasteiger partial charge in [-0.05, 0) is 12.8 Å². The summed E-state index contributed by atoms with van der Waals surface area (Å²) in [6.07, 6.45) is 2.41. The summed E-state index contributed by atoms with van der Waals surface area (Å²) in [6.45, 7) is 1.40. The molecule has 1 aliphatic heterocycles. The van der Waals surface area contributed by atoms with E-state index in [0.717, 1.165) is 18.0 Å². The Kier molecular flexibility index (Phi) is 4.43. The van der Waals surface area contributed by atoms with Crippen LogP contribution in [0.3, 0.4) is 0 Å². The average molecular weight is 285 g/mol. The minimum atomic E-state index is -1.21. The zero-order chi connectivity index (χ0) is 14.7. The molecule has 0 bridgehead atoms. The first kappa shape index (κ1) is 14.6. The third kappa shape index (κ3) is 3.83. The number of carboxylic acid groups (broad SMARTS) is 2. The summed E-state index contributed by atoms with van der Waals surface area (Å²) in [5, 5.41) is 17.5. The minimum absolute atomic E-state index is 0.509. The van der Waals surface area contributed by atoms with Crippen molar-refractivity contribution in [3.63, 3.8) is 0 Å². The number of carbonyl (C=O) groups is 3. The Hall–Kier alpha value is -1.83. The Balaban J connectivity index is 1.89. The molecule has 0 aromatic carbocycles. The van der Waals surface area contributed by atoms with Crippen molar-refractivity contribution in [1.82, 2.24) is 14.7 Å². The van der Waals surface area contributed by atoms with Gasteiger partial charge in [-0.1, -0.05) is 0 Å². The molecule has 0 spiro atoms. The number of urea groups is 1. The Labute approximate surface area is 116 Å². The van der Waals surface area contributed by atoms with E-state index < -0.39 is 31.1 Å². The van der Waals surface area contributed by atoms with E-state index in [2.05, 4.69) is 4.90 Å². The normalized spacial score (nSPS) is 19.7. The van der Waals surface area contributed by atoms with Crippen LogP contribution in [0, 0.1) is 0 Å². The molecule has 0 aromatic rings. The fraction of sp³-hybridized carbons (Fsp3) is 0.750. The van der Waals surface area contributed by atoms with Gasteiger partial charge in [-0.25, -0.2) is 4.79 Å². The zero-order valence-electron chi connectivity index (χ0n) is 11.2. The maximum absolute atomic E-state index is 12.2. The molecule has 20 heavy (non-hydrogen) atoms. The fourth-order valence-corrected chi connectivity index (χ4v) is 2.44. The van der Waals surface area contributed by atoms with Crippen LogP contribution < -0.4 is 0 Å². The minimum Gasteiger partial charge on any atom is -0.480 e. The molecule has 0 aromatic heterocycles. The Morgan fingerprint density at radius 1 is 0.950 bits per heavy atom. The van der Waals surface area contributed by atoms with Crippen LogP contribution in [0.15, 0.2) is 0 Å². The number of hydrogen-bond acceptors (Lipinski definition) is 4. The van der Waals surface area contributed by atoms with Crippen molar-refractivity contribution < 1.29 is 24.6 Å². The molecule has 0 unspecified atom stereocenters. The quantitative estimate of drug-likeness (QED) is 0.696. The molecule has 0 atom stereocenters. The summed E-state index contributed by atoms with van der Waals surface area (Å²) in [5.74, 6) is -2.42. The molecule has 1 heterocycles. The van der Waals surface area contributed by atoms with Gasteiger partial charge in [0.15, 0.2) is 0 Å². The maximum Gasteiger partial charge on any atom is 0.323 e. The van der Waals surface area contributed by atoms with Gasteiger partial charge < -0.3 is 20.0 Å². The van der Waals surface area contributed by atoms with E-state index in [1.54, 1.807) is 0 Å². The number of carboxylic acids is 2. The van der Waals surface area contributed by atoms with Crippen LogP contribution in [0.1, 0.15) is 12.8 Å². The van der Waals surface area contributed by atoms with E-state index in [-0.39, 0.29) is 0 Å². The van der Waals surface area contributed by atoms with Crippen LogP contribution in [-0.4, -0.2) is 88.2 Å². The van der Waals surface area contributed by atoms with Gasteiger partial charge in [0.25, 0.3) is 0 Å². The Bertz CT molecular complexity index is 386. The number of nitrogens with zero attached hydrogens (tertiary/aromatic N) is 3. The average Bonchev–Trinajstić information content (AvgIpc) is 3.20. The Morgan fingerprint density at radius 3 is 1.85 bits per heavy atom. The van der Waals surface area contributed by atoms with Gasteiger partial charge in [-0.2, -0.15) is 0 Å². The van der Waals surface area contributed by atoms with Gasteiger partial charge in [0.05, 0.1) is 0 Å². The van der Waals surface area contributed by atoms with Crippen LogP contribution in [0.25, 0.3) is 0 Å². The lowest BCUT2D eigenvalue weighted by Crippen LogP contribution is -2.54. The molecule has 1 aliphatic carbocycles. The number of carbonyl (C=O) groups excluding carboxylic acids is 1. The number of piperazine rings is 1. The second-order valence-corrected chi connectivity index (χ2v) is 5.18. The molecule has 8 heteroatoms. The van der Waals surface area contributed by atoms with Crippen LogP contribution in [0.4, 0.5) is 4.79 Å². The summed E-state index contributed by atoms with van der Waals surface area (Å²) >= 11 is 0. The standard InChI is InChI=1S/C12H19N3O5/c16-10(17)7-15(8-11(18)19)12(20)14-5-3-13(4-6-14)9-1-2-9/h9H,1-8H2,(H,16,17)(H,18,19). The van der Waals surface area contributed by atoms with E-state index in [1.807, 2.05) is 0 Å². The van der Waals surface area contributed by atoms with Crippen LogP contribution in [0.5, 0.6) is 0 Å². The number of aliphatic carboxylic acids is 2. The molecular weight excluding hydrogens is 266 g/mol. The second-order valence-electron chi connectivity index (χ2n) is 5.18. The molecule has 2 rings (SSSR count). The lowest BCUT2D eigenvalue weighted by Gasteiger charge is -2.37. The highest BCUT2D eigenvalue weighted by atomic mass is 16.4. The van der Waals surface area contributed by atoms with Gasteiger partial charge in [0.2, 0.25) is 0 Å². The molecule has 2 aliphatic rings. The fourth-order valence-electron chi connectivity index (χ4n) is 2.44. The van der Waals surface area contributed by atoms with Gasteiger partial charge in [0, 0.05) is 32.2 Å². The number of rotatable bonds is 5. The van der Waals surface area contributed by atoms with E-state index in [0.29, 0.717) is 19.1 Å². The number of hydrogen-bond donors (Lipinski definition) is 2. The lowest BCUT2D eigenvalue weighted by molar-refractivity contribution is -0.140. The van der Waals surface area contributed by atoms with Gasteiger partial charge in [0.1, 0.15) is 13.1 Å². The largest absolute Gasteiger partial charge is 0.480 e. The first-order valence-corrected chi connectivity index (χ1v) is 6.69. The molecule has 1 saturated heterocycles. The molecule has 2 fully saturated rings. The van der Waals surface area contributed by atoms with Crippen molar-refractivity contribution in [2.45, 2.75) is 18.9 Å². The highest BCUT2D eigenvalue weighted by Crippen LogP contribution is 2.27. The van der Waals surface area contributed by atoms with Crippen LogP contribution >= 0.6 is 0 Å². The van der Waals surface area contributed by atoms with Crippen molar-refractivity contribution in [1.29, 1.82) is 0 Å². The van der Waals surface area contributed by atoms with Crippen molar-refractivity contribution in [3.05, 3.63) is 0 Å². The third-order valence-corrected chi connectivity index (χ3v) is 3.57. The summed E-state index contributed by atoms with van der Waals surface area (Å²) in [6, 6.07) is 0.131. The van der Waals surface area contributed by atoms with Crippen LogP contribution in [-0.2, 0) is 9.59 Å². The highest BCUT2D eigenvalue weighted by molar-refractivity contribution is 5.84. The zero-order valence-corrected chi connectivity index (χ0v) is 11.2. The summed E-state index contributed by atoms with van der Waals surface area (Å²) in [4.78, 5) is 38.3. The topological polar surface area (TPSA) is 101 Å². The van der Waals surface area contributed by atoms with E-state index >= 15 is 0 Å². The van der Waals surface area contributed by atoms with Crippen LogP contribution in [0.2, 0.25) is 0 Å². The maximum atomic E-state index is 12.2. The molecule has 112 valence electrons. The molecule has 8 nitrogen and oxygen atoms in total. The molecule has 0 radical (unpaired) electrons. The monoisotopic (exact) mass is 285 g/mol. The summed E-state index contributed by atoms with van der Waals surface area (Å²) in [5.41, 5.74) is 0. The smallest absolute Gasteiger partial charge is 0.323 e. The molecule has 2 amide bonds. The first-order chi connectivity index (χ1) is 9.47. The van der Waals surface area contributed by atoms with Crippen molar-refractivity contribution in [2.75, 3.05) is 39.3 Å². The van der Waals surface area contributed by atoms with E-state index in [1.165, 1.54) is 17.7 Å². The number of amides is 2. The van der Waals surface area contributed by atoms with E-state index in [9.17, 15) is 14.4 Å². The van der Waals surface area contributed by atoms with Gasteiger partial charge >= 0.3 is 18.0 Å². The molecule has 2 N–H and O–H groups in total. The second kappa shape index (κ2) is 6.08. The summed E-state index contributed by atoms with van der Waals surface area (Å²) < 4.78 is 0. The molecule has 1 saturated carbocycles. The lowest BCUT2D eigenvalue weighted by atomic mass is 10.3. The van der Waals surface area contributed by atoms with Gasteiger partial charge in [-0.15, -0.1) is 0 Å².